The van der Waals surface area contributed by atoms with Crippen LogP contribution in [0.1, 0.15) is 19.4 Å². The van der Waals surface area contributed by atoms with Crippen LogP contribution in [0.3, 0.4) is 0 Å². The van der Waals surface area contributed by atoms with Crippen molar-refractivity contribution in [3.63, 3.8) is 0 Å². The van der Waals surface area contributed by atoms with Gasteiger partial charge in [0.15, 0.2) is 0 Å². The molecule has 5 nitrogen and oxygen atoms in total. The third-order valence-corrected chi connectivity index (χ3v) is 2.04. The molecule has 0 aliphatic carbocycles. The van der Waals surface area contributed by atoms with Crippen LogP contribution in [0.5, 0.6) is 0 Å². The first kappa shape index (κ1) is 12.2. The Labute approximate surface area is 94.1 Å². The van der Waals surface area contributed by atoms with Crippen molar-refractivity contribution in [3.05, 3.63) is 30.1 Å². The van der Waals surface area contributed by atoms with Gasteiger partial charge in [0.1, 0.15) is 0 Å². The molecule has 0 saturated heterocycles. The molecule has 0 spiro atoms. The Morgan fingerprint density at radius 1 is 1.50 bits per heavy atom. The van der Waals surface area contributed by atoms with Crippen molar-refractivity contribution in [2.45, 2.75) is 25.8 Å². The number of primary amides is 1. The number of nitrogens with two attached hydrogens (primary N) is 1. The summed E-state index contributed by atoms with van der Waals surface area (Å²) in [4.78, 5) is 25.8. The predicted octanol–water partition coefficient (Wildman–Crippen LogP) is 0.00420. The molecule has 0 aliphatic rings. The van der Waals surface area contributed by atoms with Crippen LogP contribution >= 0.6 is 0 Å². The van der Waals surface area contributed by atoms with Crippen molar-refractivity contribution in [2.24, 2.45) is 5.73 Å². The average Bonchev–Trinajstić information content (AvgIpc) is 2.17. The fourth-order valence-corrected chi connectivity index (χ4v) is 1.43. The van der Waals surface area contributed by atoms with E-state index in [1.165, 1.54) is 0 Å². The minimum Gasteiger partial charge on any atom is -0.361 e. The monoisotopic (exact) mass is 221 g/mol. The first-order chi connectivity index (χ1) is 7.41. The Balaban J connectivity index is 2.65. The van der Waals surface area contributed by atoms with E-state index in [0.29, 0.717) is 6.42 Å². The molecule has 0 aliphatic heterocycles. The van der Waals surface area contributed by atoms with Crippen molar-refractivity contribution in [1.82, 2.24) is 10.3 Å². The van der Waals surface area contributed by atoms with E-state index in [9.17, 15) is 9.59 Å². The summed E-state index contributed by atoms with van der Waals surface area (Å²) in [6.45, 7) is 3.64. The van der Waals surface area contributed by atoms with Crippen LogP contribution in [-0.2, 0) is 16.0 Å². The SMILES string of the molecule is CC(C)(Cc1cccnc1)NC(=O)C(N)=O. The van der Waals surface area contributed by atoms with Crippen molar-refractivity contribution in [3.8, 4) is 0 Å². The van der Waals surface area contributed by atoms with E-state index in [-0.39, 0.29) is 0 Å². The summed E-state index contributed by atoms with van der Waals surface area (Å²) in [5.41, 5.74) is 5.32. The molecule has 1 aromatic heterocycles. The van der Waals surface area contributed by atoms with Crippen molar-refractivity contribution in [2.75, 3.05) is 0 Å². The molecule has 3 N–H and O–H groups in total. The number of nitrogens with zero attached hydrogens (tertiary/aromatic N) is 1. The van der Waals surface area contributed by atoms with Crippen molar-refractivity contribution >= 4 is 11.8 Å². The van der Waals surface area contributed by atoms with Crippen LogP contribution < -0.4 is 11.1 Å². The highest BCUT2D eigenvalue weighted by atomic mass is 16.2. The maximum Gasteiger partial charge on any atom is 0.309 e. The normalized spacial score (nSPS) is 10.9. The van der Waals surface area contributed by atoms with Gasteiger partial charge in [-0.3, -0.25) is 14.6 Å². The lowest BCUT2D eigenvalue weighted by Gasteiger charge is -2.25. The lowest BCUT2D eigenvalue weighted by Crippen LogP contribution is -2.49. The Bertz CT molecular complexity index is 387. The Morgan fingerprint density at radius 3 is 2.69 bits per heavy atom. The maximum atomic E-state index is 11.1. The fourth-order valence-electron chi connectivity index (χ4n) is 1.43. The topological polar surface area (TPSA) is 85.1 Å². The second-order valence-electron chi connectivity index (χ2n) is 4.24. The Hall–Kier alpha value is -1.91. The number of pyridine rings is 1. The summed E-state index contributed by atoms with van der Waals surface area (Å²) in [6.07, 6.45) is 3.98. The molecule has 0 radical (unpaired) electrons. The zero-order valence-electron chi connectivity index (χ0n) is 9.36. The van der Waals surface area contributed by atoms with Crippen molar-refractivity contribution in [1.29, 1.82) is 0 Å². The summed E-state index contributed by atoms with van der Waals surface area (Å²) < 4.78 is 0. The van der Waals surface area contributed by atoms with Gasteiger partial charge in [-0.2, -0.15) is 0 Å². The highest BCUT2D eigenvalue weighted by Crippen LogP contribution is 2.11. The van der Waals surface area contributed by atoms with Crippen LogP contribution in [0.25, 0.3) is 0 Å². The molecule has 16 heavy (non-hydrogen) atoms. The molecule has 86 valence electrons. The van der Waals surface area contributed by atoms with Gasteiger partial charge in [-0.1, -0.05) is 6.07 Å². The van der Waals surface area contributed by atoms with E-state index < -0.39 is 17.4 Å². The van der Waals surface area contributed by atoms with Gasteiger partial charge in [0.2, 0.25) is 0 Å². The maximum absolute atomic E-state index is 11.1. The van der Waals surface area contributed by atoms with E-state index >= 15 is 0 Å². The molecule has 0 atom stereocenters. The smallest absolute Gasteiger partial charge is 0.309 e. The van der Waals surface area contributed by atoms with Gasteiger partial charge in [-0.25, -0.2) is 0 Å². The minimum absolute atomic E-state index is 0.533. The quantitative estimate of drug-likeness (QED) is 0.705. The summed E-state index contributed by atoms with van der Waals surface area (Å²) in [6, 6.07) is 3.73. The Kier molecular flexibility index (Phi) is 3.60. The van der Waals surface area contributed by atoms with Crippen LogP contribution in [0.4, 0.5) is 0 Å². The lowest BCUT2D eigenvalue weighted by atomic mass is 9.96. The standard InChI is InChI=1S/C11H15N3O2/c1-11(2,14-10(16)9(12)15)6-8-4-3-5-13-7-8/h3-5,7H,6H2,1-2H3,(H2,12,15)(H,14,16). The average molecular weight is 221 g/mol. The van der Waals surface area contributed by atoms with Crippen LogP contribution in [0.2, 0.25) is 0 Å². The highest BCUT2D eigenvalue weighted by Gasteiger charge is 2.23. The molecule has 1 heterocycles. The van der Waals surface area contributed by atoms with Gasteiger partial charge < -0.3 is 11.1 Å². The minimum atomic E-state index is -0.973. The van der Waals surface area contributed by atoms with Crippen molar-refractivity contribution < 1.29 is 9.59 Å². The summed E-state index contributed by atoms with van der Waals surface area (Å²) in [5, 5.41) is 2.56. The number of hydrogen-bond acceptors (Lipinski definition) is 3. The Morgan fingerprint density at radius 2 is 2.19 bits per heavy atom. The number of amides is 2. The number of rotatable bonds is 3. The van der Waals surface area contributed by atoms with Gasteiger partial charge >= 0.3 is 11.8 Å². The number of carbonyl (C=O) groups is 2. The molecular formula is C11H15N3O2. The van der Waals surface area contributed by atoms with Crippen LogP contribution in [0.15, 0.2) is 24.5 Å². The summed E-state index contributed by atoms with van der Waals surface area (Å²) in [7, 11) is 0. The van der Waals surface area contributed by atoms with Crippen LogP contribution in [0, 0.1) is 0 Å². The van der Waals surface area contributed by atoms with E-state index in [1.54, 1.807) is 12.4 Å². The molecule has 0 bridgehead atoms. The first-order valence-electron chi connectivity index (χ1n) is 4.91. The molecular weight excluding hydrogens is 206 g/mol. The lowest BCUT2D eigenvalue weighted by molar-refractivity contribution is -0.138. The second-order valence-corrected chi connectivity index (χ2v) is 4.24. The van der Waals surface area contributed by atoms with Gasteiger partial charge in [0.05, 0.1) is 0 Å². The van der Waals surface area contributed by atoms with Gasteiger partial charge in [-0.05, 0) is 31.9 Å². The zero-order valence-corrected chi connectivity index (χ0v) is 9.36. The molecule has 0 fully saturated rings. The van der Waals surface area contributed by atoms with E-state index in [4.69, 9.17) is 5.73 Å². The van der Waals surface area contributed by atoms with Crippen LogP contribution in [-0.4, -0.2) is 22.3 Å². The summed E-state index contributed by atoms with van der Waals surface area (Å²) >= 11 is 0. The summed E-state index contributed by atoms with van der Waals surface area (Å²) in [5.74, 6) is -1.74. The van der Waals surface area contributed by atoms with Gasteiger partial charge in [0.25, 0.3) is 0 Å². The molecule has 1 aromatic rings. The zero-order chi connectivity index (χ0) is 12.2. The highest BCUT2D eigenvalue weighted by molar-refractivity contribution is 6.34. The van der Waals surface area contributed by atoms with E-state index in [1.807, 2.05) is 26.0 Å². The third-order valence-electron chi connectivity index (χ3n) is 2.04. The van der Waals surface area contributed by atoms with Gasteiger partial charge in [0, 0.05) is 17.9 Å². The molecule has 0 unspecified atom stereocenters. The number of hydrogen-bond donors (Lipinski definition) is 2. The number of nitrogens with one attached hydrogen (secondary N) is 1. The third kappa shape index (κ3) is 3.68. The van der Waals surface area contributed by atoms with E-state index in [2.05, 4.69) is 10.3 Å². The van der Waals surface area contributed by atoms with Gasteiger partial charge in [-0.15, -0.1) is 0 Å². The van der Waals surface area contributed by atoms with E-state index in [0.717, 1.165) is 5.56 Å². The molecule has 2 amide bonds. The molecule has 0 aromatic carbocycles. The number of aromatic nitrogens is 1. The fraction of sp³-hybridized carbons (Fsp3) is 0.364. The molecule has 0 saturated carbocycles. The predicted molar refractivity (Wildman–Crippen MR) is 59.4 cm³/mol. The largest absolute Gasteiger partial charge is 0.361 e. The molecule has 5 heteroatoms. The second kappa shape index (κ2) is 4.74. The first-order valence-corrected chi connectivity index (χ1v) is 4.91. The molecule has 1 rings (SSSR count). The number of carbonyl (C=O) groups excluding carboxylic acids is 2.